The zero-order valence-electron chi connectivity index (χ0n) is 11.9. The second-order valence-corrected chi connectivity index (χ2v) is 5.28. The Bertz CT molecular complexity index is 449. The average molecular weight is 261 g/mol. The number of nitrogens with zero attached hydrogens (tertiary/aromatic N) is 2. The van der Waals surface area contributed by atoms with Gasteiger partial charge in [0.2, 0.25) is 0 Å². The van der Waals surface area contributed by atoms with Crippen LogP contribution in [0.2, 0.25) is 0 Å². The second kappa shape index (κ2) is 7.01. The Morgan fingerprint density at radius 2 is 2.05 bits per heavy atom. The molecule has 0 bridgehead atoms. The summed E-state index contributed by atoms with van der Waals surface area (Å²) in [5, 5.41) is 18.7. The SMILES string of the molecule is CC(C)CN(CCC#N)c1ccc(C(C)N)c(O)c1. The van der Waals surface area contributed by atoms with Gasteiger partial charge in [-0.15, -0.1) is 0 Å². The minimum Gasteiger partial charge on any atom is -0.508 e. The van der Waals surface area contributed by atoms with E-state index in [1.807, 2.05) is 19.1 Å². The summed E-state index contributed by atoms with van der Waals surface area (Å²) in [4.78, 5) is 2.12. The maximum atomic E-state index is 10.00. The molecule has 3 N–H and O–H groups in total. The summed E-state index contributed by atoms with van der Waals surface area (Å²) in [6.45, 7) is 7.64. The van der Waals surface area contributed by atoms with Crippen molar-refractivity contribution >= 4 is 5.69 Å². The minimum atomic E-state index is -0.188. The molecule has 0 radical (unpaired) electrons. The van der Waals surface area contributed by atoms with Crippen molar-refractivity contribution in [3.63, 3.8) is 0 Å². The van der Waals surface area contributed by atoms with Crippen molar-refractivity contribution in [2.45, 2.75) is 33.2 Å². The number of phenols is 1. The fraction of sp³-hybridized carbons (Fsp3) is 0.533. The van der Waals surface area contributed by atoms with Gasteiger partial charge < -0.3 is 15.7 Å². The summed E-state index contributed by atoms with van der Waals surface area (Å²) in [5.74, 6) is 0.715. The largest absolute Gasteiger partial charge is 0.508 e. The van der Waals surface area contributed by atoms with Gasteiger partial charge >= 0.3 is 0 Å². The number of aromatic hydroxyl groups is 1. The molecule has 1 unspecified atom stereocenters. The Morgan fingerprint density at radius 3 is 2.53 bits per heavy atom. The summed E-state index contributed by atoms with van der Waals surface area (Å²) in [7, 11) is 0. The number of hydrogen-bond donors (Lipinski definition) is 2. The standard InChI is InChI=1S/C15H23N3O/c1-11(2)10-18(8-4-7-16)13-5-6-14(12(3)17)15(19)9-13/h5-6,9,11-12,19H,4,8,10,17H2,1-3H3. The van der Waals surface area contributed by atoms with Gasteiger partial charge in [-0.3, -0.25) is 0 Å². The Kier molecular flexibility index (Phi) is 5.65. The molecule has 0 amide bonds. The summed E-state index contributed by atoms with van der Waals surface area (Å²) < 4.78 is 0. The van der Waals surface area contributed by atoms with Gasteiger partial charge in [0, 0.05) is 36.4 Å². The number of phenolic OH excluding ortho intramolecular Hbond substituents is 1. The van der Waals surface area contributed by atoms with Crippen molar-refractivity contribution < 1.29 is 5.11 Å². The maximum Gasteiger partial charge on any atom is 0.122 e. The highest BCUT2D eigenvalue weighted by Gasteiger charge is 2.12. The molecule has 19 heavy (non-hydrogen) atoms. The molecule has 0 heterocycles. The van der Waals surface area contributed by atoms with E-state index in [-0.39, 0.29) is 11.8 Å². The average Bonchev–Trinajstić information content (AvgIpc) is 2.33. The lowest BCUT2D eigenvalue weighted by Crippen LogP contribution is -2.28. The van der Waals surface area contributed by atoms with Crippen LogP contribution in [0.4, 0.5) is 5.69 Å². The summed E-state index contributed by atoms with van der Waals surface area (Å²) in [6.07, 6.45) is 0.475. The monoisotopic (exact) mass is 261 g/mol. The van der Waals surface area contributed by atoms with Crippen molar-refractivity contribution in [2.24, 2.45) is 11.7 Å². The van der Waals surface area contributed by atoms with Gasteiger partial charge in [0.1, 0.15) is 5.75 Å². The zero-order chi connectivity index (χ0) is 14.4. The number of nitriles is 1. The van der Waals surface area contributed by atoms with Crippen LogP contribution in [-0.4, -0.2) is 18.2 Å². The quantitative estimate of drug-likeness (QED) is 0.825. The van der Waals surface area contributed by atoms with Crippen LogP contribution in [0.25, 0.3) is 0 Å². The van der Waals surface area contributed by atoms with Crippen LogP contribution in [0.3, 0.4) is 0 Å². The number of nitrogens with two attached hydrogens (primary N) is 1. The van der Waals surface area contributed by atoms with E-state index in [2.05, 4.69) is 24.8 Å². The van der Waals surface area contributed by atoms with Crippen LogP contribution in [0, 0.1) is 17.2 Å². The van der Waals surface area contributed by atoms with Gasteiger partial charge in [0.15, 0.2) is 0 Å². The first kappa shape index (κ1) is 15.3. The van der Waals surface area contributed by atoms with Crippen LogP contribution in [0.15, 0.2) is 18.2 Å². The molecule has 1 atom stereocenters. The van der Waals surface area contributed by atoms with Crippen molar-refractivity contribution in [3.8, 4) is 11.8 Å². The third-order valence-corrected chi connectivity index (χ3v) is 2.95. The van der Waals surface area contributed by atoms with E-state index in [1.165, 1.54) is 0 Å². The first-order valence-electron chi connectivity index (χ1n) is 6.66. The minimum absolute atomic E-state index is 0.188. The molecule has 0 spiro atoms. The van der Waals surface area contributed by atoms with Gasteiger partial charge in [-0.25, -0.2) is 0 Å². The molecule has 0 aliphatic heterocycles. The van der Waals surface area contributed by atoms with Gasteiger partial charge in [-0.2, -0.15) is 5.26 Å². The van der Waals surface area contributed by atoms with E-state index in [0.29, 0.717) is 18.9 Å². The van der Waals surface area contributed by atoms with Crippen LogP contribution in [-0.2, 0) is 0 Å². The molecule has 1 aromatic rings. The lowest BCUT2D eigenvalue weighted by molar-refractivity contribution is 0.463. The molecule has 0 saturated carbocycles. The van der Waals surface area contributed by atoms with E-state index in [1.54, 1.807) is 6.07 Å². The molecule has 1 aromatic carbocycles. The van der Waals surface area contributed by atoms with Crippen molar-refractivity contribution in [2.75, 3.05) is 18.0 Å². The fourth-order valence-electron chi connectivity index (χ4n) is 2.07. The molecule has 104 valence electrons. The van der Waals surface area contributed by atoms with Gasteiger partial charge in [-0.1, -0.05) is 19.9 Å². The molecule has 4 nitrogen and oxygen atoms in total. The molecule has 0 aromatic heterocycles. The lowest BCUT2D eigenvalue weighted by Gasteiger charge is -2.26. The summed E-state index contributed by atoms with van der Waals surface area (Å²) in [5.41, 5.74) is 7.46. The first-order valence-corrected chi connectivity index (χ1v) is 6.66. The van der Waals surface area contributed by atoms with Crippen molar-refractivity contribution in [3.05, 3.63) is 23.8 Å². The summed E-state index contributed by atoms with van der Waals surface area (Å²) in [6, 6.07) is 7.52. The fourth-order valence-corrected chi connectivity index (χ4v) is 2.07. The van der Waals surface area contributed by atoms with Crippen LogP contribution < -0.4 is 10.6 Å². The molecule has 4 heteroatoms. The van der Waals surface area contributed by atoms with E-state index in [9.17, 15) is 5.11 Å². The van der Waals surface area contributed by atoms with Crippen molar-refractivity contribution in [1.82, 2.24) is 0 Å². The Balaban J connectivity index is 2.96. The lowest BCUT2D eigenvalue weighted by atomic mass is 10.1. The van der Waals surface area contributed by atoms with E-state index >= 15 is 0 Å². The molecular formula is C15H23N3O. The van der Waals surface area contributed by atoms with E-state index in [0.717, 1.165) is 17.8 Å². The molecule has 0 aliphatic rings. The smallest absolute Gasteiger partial charge is 0.122 e. The highest BCUT2D eigenvalue weighted by Crippen LogP contribution is 2.28. The number of hydrogen-bond acceptors (Lipinski definition) is 4. The summed E-state index contributed by atoms with van der Waals surface area (Å²) >= 11 is 0. The number of anilines is 1. The molecule has 0 saturated heterocycles. The Morgan fingerprint density at radius 1 is 1.37 bits per heavy atom. The highest BCUT2D eigenvalue weighted by molar-refractivity contribution is 5.54. The van der Waals surface area contributed by atoms with Crippen LogP contribution in [0.5, 0.6) is 5.75 Å². The first-order chi connectivity index (χ1) is 8.95. The van der Waals surface area contributed by atoms with E-state index in [4.69, 9.17) is 11.0 Å². The van der Waals surface area contributed by atoms with Gasteiger partial charge in [-0.05, 0) is 18.9 Å². The highest BCUT2D eigenvalue weighted by atomic mass is 16.3. The van der Waals surface area contributed by atoms with Gasteiger partial charge in [0.25, 0.3) is 0 Å². The zero-order valence-corrected chi connectivity index (χ0v) is 11.9. The Hall–Kier alpha value is -1.73. The molecule has 1 rings (SSSR count). The number of rotatable bonds is 6. The van der Waals surface area contributed by atoms with Crippen LogP contribution in [0.1, 0.15) is 38.8 Å². The third kappa shape index (κ3) is 4.46. The van der Waals surface area contributed by atoms with Crippen LogP contribution >= 0.6 is 0 Å². The molecule has 0 fully saturated rings. The second-order valence-electron chi connectivity index (χ2n) is 5.28. The topological polar surface area (TPSA) is 73.3 Å². The molecule has 0 aliphatic carbocycles. The molecular weight excluding hydrogens is 238 g/mol. The maximum absolute atomic E-state index is 10.00. The predicted molar refractivity (Wildman–Crippen MR) is 78.0 cm³/mol. The normalized spacial score (nSPS) is 12.2. The Labute approximate surface area is 115 Å². The van der Waals surface area contributed by atoms with Gasteiger partial charge in [0.05, 0.1) is 12.5 Å². The predicted octanol–water partition coefficient (Wildman–Crippen LogP) is 2.79. The third-order valence-electron chi connectivity index (χ3n) is 2.95. The van der Waals surface area contributed by atoms with E-state index < -0.39 is 0 Å². The number of benzene rings is 1. The van der Waals surface area contributed by atoms with Crippen molar-refractivity contribution in [1.29, 1.82) is 5.26 Å².